The van der Waals surface area contributed by atoms with Crippen LogP contribution in [-0.2, 0) is 4.74 Å². The first kappa shape index (κ1) is 9.96. The third-order valence-corrected chi connectivity index (χ3v) is 2.70. The highest BCUT2D eigenvalue weighted by molar-refractivity contribution is 5.00. The summed E-state index contributed by atoms with van der Waals surface area (Å²) in [4.78, 5) is 0. The maximum absolute atomic E-state index is 9.27. The zero-order valence-corrected chi connectivity index (χ0v) is 7.97. The second-order valence-electron chi connectivity index (χ2n) is 3.48. The summed E-state index contributed by atoms with van der Waals surface area (Å²) < 4.78 is 5.36. The molecule has 1 aliphatic carbocycles. The number of aliphatic hydroxyl groups excluding tert-OH is 1. The van der Waals surface area contributed by atoms with Crippen molar-refractivity contribution in [1.82, 2.24) is 5.32 Å². The highest BCUT2D eigenvalue weighted by atomic mass is 16.5. The van der Waals surface area contributed by atoms with Gasteiger partial charge in [0.05, 0.1) is 18.8 Å². The van der Waals surface area contributed by atoms with Crippen molar-refractivity contribution in [3.63, 3.8) is 0 Å². The standard InChI is InChI=1S/C9H19NO2/c1-3-12-7-9(6-11,10-2)8-4-5-8/h8,10-11H,3-7H2,1-2H3. The molecule has 1 rings (SSSR count). The van der Waals surface area contributed by atoms with Crippen LogP contribution >= 0.6 is 0 Å². The van der Waals surface area contributed by atoms with Crippen molar-refractivity contribution in [3.05, 3.63) is 0 Å². The predicted octanol–water partition coefficient (Wildman–Crippen LogP) is 0.383. The molecule has 3 heteroatoms. The number of hydrogen-bond acceptors (Lipinski definition) is 3. The van der Waals surface area contributed by atoms with Crippen LogP contribution in [0.2, 0.25) is 0 Å². The van der Waals surface area contributed by atoms with Gasteiger partial charge in [0.2, 0.25) is 0 Å². The van der Waals surface area contributed by atoms with Crippen LogP contribution < -0.4 is 5.32 Å². The third kappa shape index (κ3) is 1.97. The quantitative estimate of drug-likeness (QED) is 0.610. The summed E-state index contributed by atoms with van der Waals surface area (Å²) in [5.74, 6) is 0.610. The molecule has 0 spiro atoms. The fraction of sp³-hybridized carbons (Fsp3) is 1.00. The van der Waals surface area contributed by atoms with Gasteiger partial charge in [-0.15, -0.1) is 0 Å². The van der Waals surface area contributed by atoms with Crippen molar-refractivity contribution in [1.29, 1.82) is 0 Å². The minimum Gasteiger partial charge on any atom is -0.394 e. The lowest BCUT2D eigenvalue weighted by atomic mass is 9.96. The van der Waals surface area contributed by atoms with Gasteiger partial charge in [-0.2, -0.15) is 0 Å². The van der Waals surface area contributed by atoms with Crippen molar-refractivity contribution < 1.29 is 9.84 Å². The molecule has 1 saturated carbocycles. The monoisotopic (exact) mass is 173 g/mol. The smallest absolute Gasteiger partial charge is 0.0676 e. The Morgan fingerprint density at radius 3 is 2.58 bits per heavy atom. The summed E-state index contributed by atoms with van der Waals surface area (Å²) >= 11 is 0. The van der Waals surface area contributed by atoms with E-state index in [1.165, 1.54) is 12.8 Å². The maximum atomic E-state index is 9.27. The van der Waals surface area contributed by atoms with Gasteiger partial charge in [0.15, 0.2) is 0 Å². The molecule has 0 saturated heterocycles. The number of aliphatic hydroxyl groups is 1. The minimum absolute atomic E-state index is 0.171. The van der Waals surface area contributed by atoms with Crippen molar-refractivity contribution in [2.45, 2.75) is 25.3 Å². The van der Waals surface area contributed by atoms with Crippen LogP contribution in [0.1, 0.15) is 19.8 Å². The predicted molar refractivity (Wildman–Crippen MR) is 48.1 cm³/mol. The summed E-state index contributed by atoms with van der Waals surface area (Å²) in [6.07, 6.45) is 2.43. The first-order chi connectivity index (χ1) is 5.79. The molecule has 3 nitrogen and oxygen atoms in total. The SMILES string of the molecule is CCOCC(CO)(NC)C1CC1. The normalized spacial score (nSPS) is 22.2. The van der Waals surface area contributed by atoms with Crippen LogP contribution in [0.5, 0.6) is 0 Å². The van der Waals surface area contributed by atoms with E-state index in [4.69, 9.17) is 4.74 Å². The molecule has 0 aromatic carbocycles. The molecule has 0 radical (unpaired) electrons. The highest BCUT2D eigenvalue weighted by Crippen LogP contribution is 2.39. The van der Waals surface area contributed by atoms with Crippen LogP contribution in [-0.4, -0.2) is 37.5 Å². The van der Waals surface area contributed by atoms with E-state index >= 15 is 0 Å². The van der Waals surface area contributed by atoms with E-state index in [0.717, 1.165) is 6.61 Å². The zero-order valence-electron chi connectivity index (χ0n) is 7.97. The summed E-state index contributed by atoms with van der Waals surface area (Å²) in [7, 11) is 1.90. The Morgan fingerprint density at radius 1 is 1.58 bits per heavy atom. The summed E-state index contributed by atoms with van der Waals surface area (Å²) in [5, 5.41) is 12.5. The Kier molecular flexibility index (Phi) is 3.50. The van der Waals surface area contributed by atoms with Crippen LogP contribution in [0.4, 0.5) is 0 Å². The molecule has 1 fully saturated rings. The van der Waals surface area contributed by atoms with E-state index in [9.17, 15) is 5.11 Å². The van der Waals surface area contributed by atoms with E-state index in [1.54, 1.807) is 0 Å². The molecule has 0 aromatic rings. The van der Waals surface area contributed by atoms with Crippen molar-refractivity contribution in [3.8, 4) is 0 Å². The molecular weight excluding hydrogens is 154 g/mol. The number of likely N-dealkylation sites (N-methyl/N-ethyl adjacent to an activating group) is 1. The molecule has 0 heterocycles. The van der Waals surface area contributed by atoms with Gasteiger partial charge >= 0.3 is 0 Å². The van der Waals surface area contributed by atoms with Crippen LogP contribution in [0.15, 0.2) is 0 Å². The van der Waals surface area contributed by atoms with Crippen molar-refractivity contribution >= 4 is 0 Å². The zero-order chi connectivity index (χ0) is 9.03. The van der Waals surface area contributed by atoms with Crippen molar-refractivity contribution in [2.24, 2.45) is 5.92 Å². The maximum Gasteiger partial charge on any atom is 0.0676 e. The average molecular weight is 173 g/mol. The van der Waals surface area contributed by atoms with Gasteiger partial charge in [-0.05, 0) is 32.7 Å². The van der Waals surface area contributed by atoms with Gasteiger partial charge in [0.25, 0.3) is 0 Å². The molecule has 0 aromatic heterocycles. The first-order valence-electron chi connectivity index (χ1n) is 4.66. The second kappa shape index (κ2) is 4.21. The third-order valence-electron chi connectivity index (χ3n) is 2.70. The number of rotatable bonds is 6. The molecule has 12 heavy (non-hydrogen) atoms. The fourth-order valence-electron chi connectivity index (χ4n) is 1.57. The van der Waals surface area contributed by atoms with Crippen molar-refractivity contribution in [2.75, 3.05) is 26.9 Å². The number of hydrogen-bond donors (Lipinski definition) is 2. The Labute approximate surface area is 74.1 Å². The van der Waals surface area contributed by atoms with Gasteiger partial charge in [-0.1, -0.05) is 0 Å². The van der Waals surface area contributed by atoms with Gasteiger partial charge in [-0.3, -0.25) is 0 Å². The summed E-state index contributed by atoms with van der Waals surface area (Å²) in [6.45, 7) is 3.50. The average Bonchev–Trinajstić information content (AvgIpc) is 2.91. The molecule has 1 aliphatic rings. The van der Waals surface area contributed by atoms with Gasteiger partial charge < -0.3 is 15.2 Å². The van der Waals surface area contributed by atoms with E-state index in [-0.39, 0.29) is 12.1 Å². The molecule has 1 unspecified atom stereocenters. The molecule has 2 N–H and O–H groups in total. The Hall–Kier alpha value is -0.120. The molecular formula is C9H19NO2. The van der Waals surface area contributed by atoms with Crippen LogP contribution in [0.3, 0.4) is 0 Å². The van der Waals surface area contributed by atoms with Gasteiger partial charge in [0.1, 0.15) is 0 Å². The van der Waals surface area contributed by atoms with E-state index in [1.807, 2.05) is 14.0 Å². The Morgan fingerprint density at radius 2 is 2.25 bits per heavy atom. The fourth-order valence-corrected chi connectivity index (χ4v) is 1.57. The topological polar surface area (TPSA) is 41.5 Å². The van der Waals surface area contributed by atoms with E-state index < -0.39 is 0 Å². The number of ether oxygens (including phenoxy) is 1. The molecule has 0 bridgehead atoms. The molecule has 0 aliphatic heterocycles. The van der Waals surface area contributed by atoms with Gasteiger partial charge in [0, 0.05) is 6.61 Å². The highest BCUT2D eigenvalue weighted by Gasteiger charge is 2.43. The lowest BCUT2D eigenvalue weighted by molar-refractivity contribution is 0.0332. The lowest BCUT2D eigenvalue weighted by Gasteiger charge is -2.31. The molecule has 1 atom stereocenters. The Balaban J connectivity index is 2.43. The second-order valence-corrected chi connectivity index (χ2v) is 3.48. The summed E-state index contributed by atoms with van der Waals surface area (Å²) in [6, 6.07) is 0. The Bertz CT molecular complexity index is 130. The molecule has 0 amide bonds. The van der Waals surface area contributed by atoms with Crippen LogP contribution in [0.25, 0.3) is 0 Å². The molecule has 72 valence electrons. The minimum atomic E-state index is -0.171. The first-order valence-corrected chi connectivity index (χ1v) is 4.66. The summed E-state index contributed by atoms with van der Waals surface area (Å²) in [5.41, 5.74) is -0.171. The lowest BCUT2D eigenvalue weighted by Crippen LogP contribution is -2.52. The van der Waals surface area contributed by atoms with Gasteiger partial charge in [-0.25, -0.2) is 0 Å². The van der Waals surface area contributed by atoms with E-state index in [0.29, 0.717) is 12.5 Å². The largest absolute Gasteiger partial charge is 0.394 e. The van der Waals surface area contributed by atoms with Crippen LogP contribution in [0, 0.1) is 5.92 Å². The van der Waals surface area contributed by atoms with E-state index in [2.05, 4.69) is 5.32 Å². The number of nitrogens with one attached hydrogen (secondary N) is 1.